The van der Waals surface area contributed by atoms with Crippen molar-refractivity contribution in [3.05, 3.63) is 35.2 Å². The summed E-state index contributed by atoms with van der Waals surface area (Å²) in [5.74, 6) is -0.159. The summed E-state index contributed by atoms with van der Waals surface area (Å²) >= 11 is 5.86. The monoisotopic (exact) mass is 315 g/mol. The lowest BCUT2D eigenvalue weighted by atomic mass is 10.2. The van der Waals surface area contributed by atoms with Crippen LogP contribution in [0.3, 0.4) is 0 Å². The second-order valence-electron chi connectivity index (χ2n) is 4.27. The molecule has 0 saturated heterocycles. The first kappa shape index (κ1) is 14.7. The SMILES string of the molecule is CCn1cnc(S(=O)(=O)Nc2cc(Cl)cc(C)c2O)c1. The van der Waals surface area contributed by atoms with E-state index >= 15 is 0 Å². The molecule has 0 saturated carbocycles. The summed E-state index contributed by atoms with van der Waals surface area (Å²) in [5.41, 5.74) is 0.510. The average molecular weight is 316 g/mol. The van der Waals surface area contributed by atoms with Crippen LogP contribution in [0.5, 0.6) is 5.75 Å². The number of phenols is 1. The van der Waals surface area contributed by atoms with Crippen LogP contribution in [-0.4, -0.2) is 23.1 Å². The van der Waals surface area contributed by atoms with E-state index in [9.17, 15) is 13.5 Å². The highest BCUT2D eigenvalue weighted by Crippen LogP contribution is 2.32. The molecule has 2 rings (SSSR count). The molecule has 0 radical (unpaired) electrons. The second kappa shape index (κ2) is 5.34. The predicted octanol–water partition coefficient (Wildman–Crippen LogP) is 2.37. The van der Waals surface area contributed by atoms with Crippen LogP contribution in [0.15, 0.2) is 29.7 Å². The van der Waals surface area contributed by atoms with Gasteiger partial charge in [-0.25, -0.2) is 4.98 Å². The highest BCUT2D eigenvalue weighted by molar-refractivity contribution is 7.92. The molecule has 108 valence electrons. The largest absolute Gasteiger partial charge is 0.505 e. The second-order valence-corrected chi connectivity index (χ2v) is 6.33. The van der Waals surface area contributed by atoms with Crippen molar-refractivity contribution >= 4 is 27.3 Å². The quantitative estimate of drug-likeness (QED) is 0.848. The van der Waals surface area contributed by atoms with Crippen molar-refractivity contribution in [2.75, 3.05) is 4.72 Å². The third-order valence-electron chi connectivity index (χ3n) is 2.76. The van der Waals surface area contributed by atoms with Crippen LogP contribution in [0.25, 0.3) is 0 Å². The number of aromatic hydroxyl groups is 1. The third-order valence-corrected chi connectivity index (χ3v) is 4.23. The number of sulfonamides is 1. The van der Waals surface area contributed by atoms with Crippen molar-refractivity contribution in [2.45, 2.75) is 25.4 Å². The van der Waals surface area contributed by atoms with Gasteiger partial charge >= 0.3 is 0 Å². The molecule has 0 fully saturated rings. The maximum Gasteiger partial charge on any atom is 0.281 e. The molecule has 0 spiro atoms. The molecule has 2 N–H and O–H groups in total. The fraction of sp³-hybridized carbons (Fsp3) is 0.250. The summed E-state index contributed by atoms with van der Waals surface area (Å²) < 4.78 is 28.2. The fourth-order valence-corrected chi connectivity index (χ4v) is 2.94. The normalized spacial score (nSPS) is 11.6. The minimum absolute atomic E-state index is 0.0287. The van der Waals surface area contributed by atoms with Gasteiger partial charge in [-0.2, -0.15) is 8.42 Å². The van der Waals surface area contributed by atoms with E-state index in [0.717, 1.165) is 0 Å². The number of benzene rings is 1. The number of hydrogen-bond donors (Lipinski definition) is 2. The topological polar surface area (TPSA) is 84.2 Å². The molecule has 20 heavy (non-hydrogen) atoms. The Balaban J connectivity index is 2.38. The maximum atomic E-state index is 12.2. The third kappa shape index (κ3) is 2.88. The Morgan fingerprint density at radius 3 is 2.75 bits per heavy atom. The molecular formula is C12H14ClN3O3S. The highest BCUT2D eigenvalue weighted by atomic mass is 35.5. The zero-order valence-corrected chi connectivity index (χ0v) is 12.5. The summed E-state index contributed by atoms with van der Waals surface area (Å²) in [7, 11) is -3.86. The van der Waals surface area contributed by atoms with Gasteiger partial charge < -0.3 is 9.67 Å². The highest BCUT2D eigenvalue weighted by Gasteiger charge is 2.20. The first-order chi connectivity index (χ1) is 9.33. The molecule has 2 aromatic rings. The van der Waals surface area contributed by atoms with Gasteiger partial charge in [-0.15, -0.1) is 0 Å². The molecule has 1 heterocycles. The Hall–Kier alpha value is -1.73. The molecule has 1 aromatic carbocycles. The van der Waals surface area contributed by atoms with Gasteiger partial charge in [0.1, 0.15) is 5.75 Å². The Bertz CT molecular complexity index is 740. The van der Waals surface area contributed by atoms with E-state index in [4.69, 9.17) is 11.6 Å². The minimum atomic E-state index is -3.86. The van der Waals surface area contributed by atoms with Crippen LogP contribution in [0.4, 0.5) is 5.69 Å². The lowest BCUT2D eigenvalue weighted by Gasteiger charge is -2.10. The van der Waals surface area contributed by atoms with Gasteiger partial charge in [-0.1, -0.05) is 11.6 Å². The van der Waals surface area contributed by atoms with Gasteiger partial charge in [0.05, 0.1) is 12.0 Å². The van der Waals surface area contributed by atoms with Crippen LogP contribution in [0.1, 0.15) is 12.5 Å². The van der Waals surface area contributed by atoms with E-state index in [-0.39, 0.29) is 16.5 Å². The molecule has 0 amide bonds. The molecule has 0 aliphatic heterocycles. The van der Waals surface area contributed by atoms with E-state index in [0.29, 0.717) is 17.1 Å². The first-order valence-electron chi connectivity index (χ1n) is 5.87. The summed E-state index contributed by atoms with van der Waals surface area (Å²) in [6, 6.07) is 2.89. The number of rotatable bonds is 4. The number of nitrogens with one attached hydrogen (secondary N) is 1. The average Bonchev–Trinajstić information content (AvgIpc) is 2.84. The summed E-state index contributed by atoms with van der Waals surface area (Å²) in [6.45, 7) is 4.12. The summed E-state index contributed by atoms with van der Waals surface area (Å²) in [4.78, 5) is 3.83. The van der Waals surface area contributed by atoms with Crippen LogP contribution in [0.2, 0.25) is 5.02 Å². The molecule has 0 atom stereocenters. The van der Waals surface area contributed by atoms with Crippen molar-refractivity contribution in [3.63, 3.8) is 0 Å². The first-order valence-corrected chi connectivity index (χ1v) is 7.73. The van der Waals surface area contributed by atoms with Crippen molar-refractivity contribution in [1.82, 2.24) is 9.55 Å². The minimum Gasteiger partial charge on any atom is -0.505 e. The smallest absolute Gasteiger partial charge is 0.281 e. The van der Waals surface area contributed by atoms with E-state index in [1.54, 1.807) is 17.6 Å². The number of anilines is 1. The Labute approximate surface area is 122 Å². The Morgan fingerprint density at radius 2 is 2.15 bits per heavy atom. The lowest BCUT2D eigenvalue weighted by molar-refractivity contribution is 0.473. The number of hydrogen-bond acceptors (Lipinski definition) is 4. The van der Waals surface area contributed by atoms with Crippen LogP contribution >= 0.6 is 11.6 Å². The van der Waals surface area contributed by atoms with E-state index in [1.807, 2.05) is 6.92 Å². The van der Waals surface area contributed by atoms with Crippen LogP contribution in [0, 0.1) is 6.92 Å². The maximum absolute atomic E-state index is 12.2. The predicted molar refractivity (Wildman–Crippen MR) is 76.6 cm³/mol. The fourth-order valence-electron chi connectivity index (χ4n) is 1.66. The van der Waals surface area contributed by atoms with Gasteiger partial charge in [0.15, 0.2) is 5.03 Å². The van der Waals surface area contributed by atoms with Crippen molar-refractivity contribution < 1.29 is 13.5 Å². The zero-order valence-electron chi connectivity index (χ0n) is 11.0. The molecule has 1 aromatic heterocycles. The molecule has 0 aliphatic carbocycles. The molecular weight excluding hydrogens is 302 g/mol. The molecule has 0 bridgehead atoms. The molecule has 0 aliphatic rings. The molecule has 6 nitrogen and oxygen atoms in total. The van der Waals surface area contributed by atoms with Gasteiger partial charge in [0, 0.05) is 17.8 Å². The lowest BCUT2D eigenvalue weighted by Crippen LogP contribution is -2.13. The van der Waals surface area contributed by atoms with Crippen LogP contribution < -0.4 is 4.72 Å². The Morgan fingerprint density at radius 1 is 1.45 bits per heavy atom. The van der Waals surface area contributed by atoms with Crippen molar-refractivity contribution in [1.29, 1.82) is 0 Å². The van der Waals surface area contributed by atoms with E-state index in [1.165, 1.54) is 18.6 Å². The number of halogens is 1. The number of imidazole rings is 1. The van der Waals surface area contributed by atoms with Gasteiger partial charge in [-0.05, 0) is 31.5 Å². The number of phenolic OH excluding ortho intramolecular Hbond substituents is 1. The van der Waals surface area contributed by atoms with Gasteiger partial charge in [0.25, 0.3) is 10.0 Å². The standard InChI is InChI=1S/C12H14ClN3O3S/c1-3-16-6-11(14-7-16)20(18,19)15-10-5-9(13)4-8(2)12(10)17/h4-7,15,17H,3H2,1-2H3. The summed E-state index contributed by atoms with van der Waals surface area (Å²) in [5, 5.41) is 10.1. The molecule has 8 heteroatoms. The number of aryl methyl sites for hydroxylation is 2. The Kier molecular flexibility index (Phi) is 3.92. The van der Waals surface area contributed by atoms with Crippen molar-refractivity contribution in [3.8, 4) is 5.75 Å². The van der Waals surface area contributed by atoms with Crippen molar-refractivity contribution in [2.24, 2.45) is 0 Å². The number of nitrogens with zero attached hydrogens (tertiary/aromatic N) is 2. The van der Waals surface area contributed by atoms with Gasteiger partial charge in [-0.3, -0.25) is 4.72 Å². The van der Waals surface area contributed by atoms with Crippen LogP contribution in [-0.2, 0) is 16.6 Å². The molecule has 0 unspecified atom stereocenters. The van der Waals surface area contributed by atoms with E-state index in [2.05, 4.69) is 9.71 Å². The van der Waals surface area contributed by atoms with E-state index < -0.39 is 10.0 Å². The summed E-state index contributed by atoms with van der Waals surface area (Å²) in [6.07, 6.45) is 2.84. The number of aromatic nitrogens is 2. The van der Waals surface area contributed by atoms with Gasteiger partial charge in [0.2, 0.25) is 0 Å². The zero-order chi connectivity index (χ0) is 14.9.